The first-order chi connectivity index (χ1) is 8.24. The molecule has 0 saturated heterocycles. The Kier molecular flexibility index (Phi) is 4.17. The summed E-state index contributed by atoms with van der Waals surface area (Å²) >= 11 is 1.82. The first kappa shape index (κ1) is 12.1. The lowest BCUT2D eigenvalue weighted by Gasteiger charge is -2.15. The third kappa shape index (κ3) is 3.87. The van der Waals surface area contributed by atoms with Crippen molar-refractivity contribution in [3.63, 3.8) is 0 Å². The molecule has 0 bridgehead atoms. The maximum absolute atomic E-state index is 5.61. The summed E-state index contributed by atoms with van der Waals surface area (Å²) in [5.74, 6) is 0. The van der Waals surface area contributed by atoms with Crippen LogP contribution in [0.1, 0.15) is 4.88 Å². The quantitative estimate of drug-likeness (QED) is 0.849. The molecule has 92 valence electrons. The van der Waals surface area contributed by atoms with E-state index in [1.807, 2.05) is 22.2 Å². The Balaban J connectivity index is 1.69. The fourth-order valence-corrected chi connectivity index (χ4v) is 2.34. The van der Waals surface area contributed by atoms with Crippen molar-refractivity contribution in [2.75, 3.05) is 25.9 Å². The van der Waals surface area contributed by atoms with Gasteiger partial charge in [0.1, 0.15) is 0 Å². The summed E-state index contributed by atoms with van der Waals surface area (Å²) in [7, 11) is 2.14. The highest BCUT2D eigenvalue weighted by atomic mass is 32.1. The minimum atomic E-state index is 0.728. The van der Waals surface area contributed by atoms with Crippen LogP contribution in [0.25, 0.3) is 0 Å². The van der Waals surface area contributed by atoms with Crippen molar-refractivity contribution in [3.8, 4) is 0 Å². The van der Waals surface area contributed by atoms with E-state index in [-0.39, 0.29) is 0 Å². The average molecular weight is 250 g/mol. The van der Waals surface area contributed by atoms with E-state index in [0.717, 1.165) is 31.7 Å². The van der Waals surface area contributed by atoms with Gasteiger partial charge in [0.15, 0.2) is 0 Å². The van der Waals surface area contributed by atoms with E-state index >= 15 is 0 Å². The van der Waals surface area contributed by atoms with Gasteiger partial charge in [-0.25, -0.2) is 0 Å². The zero-order valence-electron chi connectivity index (χ0n) is 10.0. The second-order valence-electron chi connectivity index (χ2n) is 4.17. The number of anilines is 1. The molecule has 0 radical (unpaired) electrons. The predicted molar refractivity (Wildman–Crippen MR) is 72.2 cm³/mol. The SMILES string of the molecule is CN(CCc1cccs1)CCn1cc(N)cn1. The average Bonchev–Trinajstić information content (AvgIpc) is 2.95. The molecular weight excluding hydrogens is 232 g/mol. The van der Waals surface area contributed by atoms with Gasteiger partial charge in [-0.1, -0.05) is 6.07 Å². The summed E-state index contributed by atoms with van der Waals surface area (Å²) in [6, 6.07) is 4.29. The summed E-state index contributed by atoms with van der Waals surface area (Å²) in [5.41, 5.74) is 6.34. The van der Waals surface area contributed by atoms with Crippen molar-refractivity contribution in [1.82, 2.24) is 14.7 Å². The molecule has 0 spiro atoms. The molecule has 0 aliphatic rings. The fraction of sp³-hybridized carbons (Fsp3) is 0.417. The number of rotatable bonds is 6. The minimum absolute atomic E-state index is 0.728. The largest absolute Gasteiger partial charge is 0.396 e. The molecule has 17 heavy (non-hydrogen) atoms. The van der Waals surface area contributed by atoms with E-state index in [1.165, 1.54) is 4.88 Å². The molecule has 2 heterocycles. The third-order valence-electron chi connectivity index (χ3n) is 2.68. The van der Waals surface area contributed by atoms with Crippen molar-refractivity contribution in [1.29, 1.82) is 0 Å². The smallest absolute Gasteiger partial charge is 0.0719 e. The zero-order valence-corrected chi connectivity index (χ0v) is 10.9. The van der Waals surface area contributed by atoms with E-state index in [4.69, 9.17) is 5.73 Å². The molecule has 0 saturated carbocycles. The number of thiophene rings is 1. The lowest BCUT2D eigenvalue weighted by Crippen LogP contribution is -2.25. The fourth-order valence-electron chi connectivity index (χ4n) is 1.64. The van der Waals surface area contributed by atoms with E-state index in [1.54, 1.807) is 6.20 Å². The Hall–Kier alpha value is -1.33. The summed E-state index contributed by atoms with van der Waals surface area (Å²) < 4.78 is 1.89. The molecule has 0 fully saturated rings. The normalized spacial score (nSPS) is 11.2. The van der Waals surface area contributed by atoms with Crippen LogP contribution in [0.15, 0.2) is 29.9 Å². The van der Waals surface area contributed by atoms with Crippen LogP contribution in [0.2, 0.25) is 0 Å². The van der Waals surface area contributed by atoms with Crippen molar-refractivity contribution in [3.05, 3.63) is 34.8 Å². The van der Waals surface area contributed by atoms with Gasteiger partial charge < -0.3 is 10.6 Å². The molecule has 5 heteroatoms. The van der Waals surface area contributed by atoms with Crippen molar-refractivity contribution in [2.24, 2.45) is 0 Å². The monoisotopic (exact) mass is 250 g/mol. The van der Waals surface area contributed by atoms with Crippen LogP contribution in [-0.2, 0) is 13.0 Å². The molecule has 0 atom stereocenters. The zero-order chi connectivity index (χ0) is 12.1. The van der Waals surface area contributed by atoms with Gasteiger partial charge in [-0.05, 0) is 24.9 Å². The number of nitrogens with two attached hydrogens (primary N) is 1. The number of hydrogen-bond donors (Lipinski definition) is 1. The Labute approximate surface area is 106 Å². The van der Waals surface area contributed by atoms with E-state index < -0.39 is 0 Å². The molecule has 0 aliphatic heterocycles. The molecule has 4 nitrogen and oxygen atoms in total. The van der Waals surface area contributed by atoms with Crippen molar-refractivity contribution < 1.29 is 0 Å². The molecule has 0 amide bonds. The van der Waals surface area contributed by atoms with E-state index in [0.29, 0.717) is 0 Å². The number of aromatic nitrogens is 2. The van der Waals surface area contributed by atoms with Crippen LogP contribution >= 0.6 is 11.3 Å². The molecule has 2 rings (SSSR count). The Morgan fingerprint density at radius 3 is 3.00 bits per heavy atom. The van der Waals surface area contributed by atoms with Gasteiger partial charge in [0.25, 0.3) is 0 Å². The molecule has 0 aromatic carbocycles. The molecule has 2 N–H and O–H groups in total. The lowest BCUT2D eigenvalue weighted by molar-refractivity contribution is 0.316. The van der Waals surface area contributed by atoms with Crippen LogP contribution in [0, 0.1) is 0 Å². The first-order valence-electron chi connectivity index (χ1n) is 5.73. The number of likely N-dealkylation sites (N-methyl/N-ethyl adjacent to an activating group) is 1. The number of hydrogen-bond acceptors (Lipinski definition) is 4. The van der Waals surface area contributed by atoms with Gasteiger partial charge >= 0.3 is 0 Å². The van der Waals surface area contributed by atoms with Gasteiger partial charge in [-0.15, -0.1) is 11.3 Å². The Morgan fingerprint density at radius 1 is 1.47 bits per heavy atom. The molecule has 2 aromatic heterocycles. The summed E-state index contributed by atoms with van der Waals surface area (Å²) in [6.07, 6.45) is 4.67. The standard InChI is InChI=1S/C12H18N4S/c1-15(5-4-12-3-2-8-17-12)6-7-16-10-11(13)9-14-16/h2-3,8-10H,4-7,13H2,1H3. The van der Waals surface area contributed by atoms with Gasteiger partial charge in [-0.3, -0.25) is 4.68 Å². The van der Waals surface area contributed by atoms with Crippen LogP contribution in [-0.4, -0.2) is 34.8 Å². The van der Waals surface area contributed by atoms with Crippen LogP contribution < -0.4 is 5.73 Å². The Morgan fingerprint density at radius 2 is 2.35 bits per heavy atom. The van der Waals surface area contributed by atoms with Gasteiger partial charge in [0, 0.05) is 24.2 Å². The lowest BCUT2D eigenvalue weighted by atomic mass is 10.3. The molecule has 0 aliphatic carbocycles. The van der Waals surface area contributed by atoms with Gasteiger partial charge in [0.2, 0.25) is 0 Å². The summed E-state index contributed by atoms with van der Waals surface area (Å²) in [6.45, 7) is 2.96. The first-order valence-corrected chi connectivity index (χ1v) is 6.61. The Bertz CT molecular complexity index is 435. The molecule has 0 unspecified atom stereocenters. The summed E-state index contributed by atoms with van der Waals surface area (Å²) in [4.78, 5) is 3.76. The van der Waals surface area contributed by atoms with E-state index in [2.05, 4.69) is 34.6 Å². The van der Waals surface area contributed by atoms with Crippen LogP contribution in [0.4, 0.5) is 5.69 Å². The highest BCUT2D eigenvalue weighted by molar-refractivity contribution is 7.09. The summed E-state index contributed by atoms with van der Waals surface area (Å²) in [5, 5.41) is 6.29. The predicted octanol–water partition coefficient (Wildman–Crippen LogP) is 1.70. The van der Waals surface area contributed by atoms with Crippen LogP contribution in [0.5, 0.6) is 0 Å². The van der Waals surface area contributed by atoms with Gasteiger partial charge in [-0.2, -0.15) is 5.10 Å². The second kappa shape index (κ2) is 5.84. The maximum atomic E-state index is 5.61. The number of nitrogen functional groups attached to an aromatic ring is 1. The molecular formula is C12H18N4S. The minimum Gasteiger partial charge on any atom is -0.396 e. The topological polar surface area (TPSA) is 47.1 Å². The molecule has 2 aromatic rings. The second-order valence-corrected chi connectivity index (χ2v) is 5.20. The van der Waals surface area contributed by atoms with Gasteiger partial charge in [0.05, 0.1) is 18.4 Å². The number of nitrogens with zero attached hydrogens (tertiary/aromatic N) is 3. The highest BCUT2D eigenvalue weighted by Crippen LogP contribution is 2.09. The van der Waals surface area contributed by atoms with Crippen LogP contribution in [0.3, 0.4) is 0 Å². The van der Waals surface area contributed by atoms with Crippen molar-refractivity contribution in [2.45, 2.75) is 13.0 Å². The van der Waals surface area contributed by atoms with E-state index in [9.17, 15) is 0 Å². The van der Waals surface area contributed by atoms with Crippen molar-refractivity contribution >= 4 is 17.0 Å². The highest BCUT2D eigenvalue weighted by Gasteiger charge is 2.01. The third-order valence-corrected chi connectivity index (χ3v) is 3.62. The maximum Gasteiger partial charge on any atom is 0.0719 e.